The lowest BCUT2D eigenvalue weighted by atomic mass is 10.1. The van der Waals surface area contributed by atoms with Crippen molar-refractivity contribution >= 4 is 35.6 Å². The number of aliphatic imine (C=N–C) groups is 1. The normalized spacial score (nSPS) is 21.8. The summed E-state index contributed by atoms with van der Waals surface area (Å²) in [4.78, 5) is 7.28. The quantitative estimate of drug-likeness (QED) is 0.340. The molecular weight excluding hydrogens is 479 g/mol. The van der Waals surface area contributed by atoms with E-state index in [0.29, 0.717) is 12.0 Å². The standard InChI is InChI=1S/C22H30N4O2.HI/c1-2-5-20(6-3-1)26-12-9-19(16-26)25-22(24-15-18-10-14-27-17-18)23-11-8-21-7-4-13-28-21;/h1-7,13,18-19H,8-12,14-17H2,(H2,23,24,25);1H. The zero-order valence-electron chi connectivity index (χ0n) is 16.8. The molecule has 158 valence electrons. The van der Waals surface area contributed by atoms with E-state index in [0.717, 1.165) is 70.4 Å². The Balaban J connectivity index is 0.00000240. The summed E-state index contributed by atoms with van der Waals surface area (Å²) >= 11 is 0. The molecule has 0 aliphatic carbocycles. The summed E-state index contributed by atoms with van der Waals surface area (Å²) in [6.45, 7) is 5.37. The molecule has 0 spiro atoms. The van der Waals surface area contributed by atoms with Gasteiger partial charge in [-0.25, -0.2) is 0 Å². The van der Waals surface area contributed by atoms with Gasteiger partial charge >= 0.3 is 0 Å². The van der Waals surface area contributed by atoms with Gasteiger partial charge in [0.15, 0.2) is 5.96 Å². The van der Waals surface area contributed by atoms with Gasteiger partial charge in [0.1, 0.15) is 5.76 Å². The summed E-state index contributed by atoms with van der Waals surface area (Å²) in [5, 5.41) is 7.13. The van der Waals surface area contributed by atoms with Crippen LogP contribution in [0, 0.1) is 5.92 Å². The number of guanidine groups is 1. The van der Waals surface area contributed by atoms with Gasteiger partial charge in [-0.05, 0) is 37.1 Å². The molecule has 1 aromatic carbocycles. The van der Waals surface area contributed by atoms with Crippen molar-refractivity contribution < 1.29 is 9.15 Å². The first kappa shape index (κ1) is 22.0. The first-order valence-electron chi connectivity index (χ1n) is 10.3. The zero-order valence-corrected chi connectivity index (χ0v) is 19.1. The SMILES string of the molecule is I.c1ccc(N2CCC(NC(=NCC3CCOC3)NCCc3ccco3)C2)cc1. The second kappa shape index (κ2) is 11.4. The topological polar surface area (TPSA) is 62.0 Å². The predicted molar refractivity (Wildman–Crippen MR) is 127 cm³/mol. The molecule has 2 aliphatic heterocycles. The Bertz CT molecular complexity index is 733. The molecule has 0 bridgehead atoms. The molecule has 0 saturated carbocycles. The van der Waals surface area contributed by atoms with E-state index >= 15 is 0 Å². The highest BCUT2D eigenvalue weighted by Gasteiger charge is 2.23. The summed E-state index contributed by atoms with van der Waals surface area (Å²) in [6.07, 6.45) is 4.79. The van der Waals surface area contributed by atoms with E-state index in [4.69, 9.17) is 14.1 Å². The van der Waals surface area contributed by atoms with Gasteiger partial charge in [-0.15, -0.1) is 24.0 Å². The van der Waals surface area contributed by atoms with E-state index in [-0.39, 0.29) is 24.0 Å². The second-order valence-electron chi connectivity index (χ2n) is 7.59. The number of rotatable bonds is 7. The highest BCUT2D eigenvalue weighted by molar-refractivity contribution is 14.0. The third kappa shape index (κ3) is 6.64. The molecule has 0 radical (unpaired) electrons. The van der Waals surface area contributed by atoms with Gasteiger partial charge in [-0.1, -0.05) is 18.2 Å². The summed E-state index contributed by atoms with van der Waals surface area (Å²) < 4.78 is 10.9. The van der Waals surface area contributed by atoms with Crippen LogP contribution in [0.4, 0.5) is 5.69 Å². The number of benzene rings is 1. The van der Waals surface area contributed by atoms with Crippen LogP contribution in [0.2, 0.25) is 0 Å². The van der Waals surface area contributed by atoms with Crippen LogP contribution in [0.1, 0.15) is 18.6 Å². The van der Waals surface area contributed by atoms with Gasteiger partial charge in [-0.3, -0.25) is 4.99 Å². The van der Waals surface area contributed by atoms with Gasteiger partial charge in [-0.2, -0.15) is 0 Å². The molecule has 6 nitrogen and oxygen atoms in total. The molecule has 2 atom stereocenters. The lowest BCUT2D eigenvalue weighted by Gasteiger charge is -2.21. The molecule has 3 heterocycles. The third-order valence-electron chi connectivity index (χ3n) is 5.43. The maximum Gasteiger partial charge on any atom is 0.191 e. The number of nitrogens with zero attached hydrogens (tertiary/aromatic N) is 2. The van der Waals surface area contributed by atoms with Gasteiger partial charge in [0.25, 0.3) is 0 Å². The molecule has 2 unspecified atom stereocenters. The van der Waals surface area contributed by atoms with Crippen molar-refractivity contribution in [3.63, 3.8) is 0 Å². The molecule has 0 amide bonds. The van der Waals surface area contributed by atoms with Crippen molar-refractivity contribution in [2.24, 2.45) is 10.9 Å². The molecule has 29 heavy (non-hydrogen) atoms. The summed E-state index contributed by atoms with van der Waals surface area (Å²) in [7, 11) is 0. The van der Waals surface area contributed by atoms with Crippen molar-refractivity contribution in [3.05, 3.63) is 54.5 Å². The Kier molecular flexibility index (Phi) is 8.67. The Morgan fingerprint density at radius 1 is 1.14 bits per heavy atom. The minimum Gasteiger partial charge on any atom is -0.469 e. The first-order chi connectivity index (χ1) is 13.9. The number of furan rings is 1. The van der Waals surface area contributed by atoms with Crippen LogP contribution in [0.15, 0.2) is 58.1 Å². The number of hydrogen-bond acceptors (Lipinski definition) is 4. The zero-order chi connectivity index (χ0) is 19.0. The molecule has 2 aromatic rings. The monoisotopic (exact) mass is 510 g/mol. The largest absolute Gasteiger partial charge is 0.469 e. The lowest BCUT2D eigenvalue weighted by molar-refractivity contribution is 0.187. The summed E-state index contributed by atoms with van der Waals surface area (Å²) in [5.41, 5.74) is 1.29. The lowest BCUT2D eigenvalue weighted by Crippen LogP contribution is -2.45. The van der Waals surface area contributed by atoms with Crippen LogP contribution in [0.25, 0.3) is 0 Å². The third-order valence-corrected chi connectivity index (χ3v) is 5.43. The van der Waals surface area contributed by atoms with Crippen molar-refractivity contribution in [1.29, 1.82) is 0 Å². The number of ether oxygens (including phenoxy) is 1. The van der Waals surface area contributed by atoms with E-state index in [1.807, 2.05) is 12.1 Å². The van der Waals surface area contributed by atoms with Crippen LogP contribution in [0.5, 0.6) is 0 Å². The molecule has 1 aromatic heterocycles. The number of anilines is 1. The van der Waals surface area contributed by atoms with Gasteiger partial charge in [0, 0.05) is 56.9 Å². The molecule has 7 heteroatoms. The van der Waals surface area contributed by atoms with Crippen molar-refractivity contribution in [1.82, 2.24) is 10.6 Å². The average molecular weight is 510 g/mol. The van der Waals surface area contributed by atoms with E-state index in [9.17, 15) is 0 Å². The maximum absolute atomic E-state index is 5.49. The van der Waals surface area contributed by atoms with Crippen LogP contribution < -0.4 is 15.5 Å². The number of para-hydroxylation sites is 1. The molecule has 2 saturated heterocycles. The van der Waals surface area contributed by atoms with Gasteiger partial charge in [0.05, 0.1) is 12.9 Å². The van der Waals surface area contributed by atoms with E-state index in [2.05, 4.69) is 45.9 Å². The smallest absolute Gasteiger partial charge is 0.191 e. The van der Waals surface area contributed by atoms with Crippen LogP contribution in [-0.2, 0) is 11.2 Å². The fourth-order valence-electron chi connectivity index (χ4n) is 3.80. The first-order valence-corrected chi connectivity index (χ1v) is 10.3. The van der Waals surface area contributed by atoms with E-state index in [1.54, 1.807) is 6.26 Å². The number of nitrogens with one attached hydrogen (secondary N) is 2. The highest BCUT2D eigenvalue weighted by atomic mass is 127. The Morgan fingerprint density at radius 3 is 2.79 bits per heavy atom. The molecular formula is C22H31IN4O2. The van der Waals surface area contributed by atoms with Crippen LogP contribution in [-0.4, -0.2) is 51.4 Å². The maximum atomic E-state index is 5.49. The fraction of sp³-hybridized carbons (Fsp3) is 0.500. The van der Waals surface area contributed by atoms with Crippen LogP contribution in [0.3, 0.4) is 0 Å². The van der Waals surface area contributed by atoms with Gasteiger partial charge < -0.3 is 24.7 Å². The Labute approximate surface area is 190 Å². The fourth-order valence-corrected chi connectivity index (χ4v) is 3.80. The van der Waals surface area contributed by atoms with Crippen molar-refractivity contribution in [3.8, 4) is 0 Å². The minimum atomic E-state index is 0. The van der Waals surface area contributed by atoms with E-state index < -0.39 is 0 Å². The molecule has 2 fully saturated rings. The highest BCUT2D eigenvalue weighted by Crippen LogP contribution is 2.19. The predicted octanol–water partition coefficient (Wildman–Crippen LogP) is 3.29. The van der Waals surface area contributed by atoms with Crippen LogP contribution >= 0.6 is 24.0 Å². The number of halogens is 1. The average Bonchev–Trinajstić information content (AvgIpc) is 3.49. The minimum absolute atomic E-state index is 0. The van der Waals surface area contributed by atoms with Crippen molar-refractivity contribution in [2.45, 2.75) is 25.3 Å². The Morgan fingerprint density at radius 2 is 2.03 bits per heavy atom. The molecule has 4 rings (SSSR count). The summed E-state index contributed by atoms with van der Waals surface area (Å²) in [5.74, 6) is 2.43. The van der Waals surface area contributed by atoms with Crippen molar-refractivity contribution in [2.75, 3.05) is 44.3 Å². The number of hydrogen-bond donors (Lipinski definition) is 2. The molecule has 2 N–H and O–H groups in total. The second-order valence-corrected chi connectivity index (χ2v) is 7.59. The van der Waals surface area contributed by atoms with Gasteiger partial charge in [0.2, 0.25) is 0 Å². The molecule has 2 aliphatic rings. The van der Waals surface area contributed by atoms with E-state index in [1.165, 1.54) is 5.69 Å². The summed E-state index contributed by atoms with van der Waals surface area (Å²) in [6, 6.07) is 15.0. The Hall–Kier alpha value is -1.74.